The zero-order valence-electron chi connectivity index (χ0n) is 13.9. The number of quaternary nitrogens is 1. The number of carbonyl (C=O) groups is 2. The van der Waals surface area contributed by atoms with Gasteiger partial charge in [-0.05, 0) is 32.9 Å². The SMILES string of the molecule is COc1ccccc1NC(=O)[C@H](C)[NH+](C)CC(=O)NC(C)C. The lowest BCUT2D eigenvalue weighted by Crippen LogP contribution is -3.15. The normalized spacial score (nSPS) is 13.4. The summed E-state index contributed by atoms with van der Waals surface area (Å²) >= 11 is 0. The molecule has 0 saturated carbocycles. The second-order valence-corrected chi connectivity index (χ2v) is 5.66. The summed E-state index contributed by atoms with van der Waals surface area (Å²) in [4.78, 5) is 24.9. The lowest BCUT2D eigenvalue weighted by Gasteiger charge is -2.21. The number of amides is 2. The van der Waals surface area contributed by atoms with Crippen molar-refractivity contribution in [3.8, 4) is 5.75 Å². The molecular weight excluding hydrogens is 282 g/mol. The molecule has 0 fully saturated rings. The molecule has 0 aliphatic rings. The van der Waals surface area contributed by atoms with E-state index in [0.29, 0.717) is 11.4 Å². The van der Waals surface area contributed by atoms with Crippen LogP contribution in [0.5, 0.6) is 5.75 Å². The molecule has 0 aromatic heterocycles. The number of methoxy groups -OCH3 is 1. The van der Waals surface area contributed by atoms with Crippen LogP contribution in [-0.2, 0) is 9.59 Å². The van der Waals surface area contributed by atoms with E-state index in [9.17, 15) is 9.59 Å². The van der Waals surface area contributed by atoms with Gasteiger partial charge in [0.2, 0.25) is 0 Å². The third-order valence-electron chi connectivity index (χ3n) is 3.39. The number of ether oxygens (including phenoxy) is 1. The summed E-state index contributed by atoms with van der Waals surface area (Å²) in [5.74, 6) is 0.391. The van der Waals surface area contributed by atoms with Gasteiger partial charge in [-0.15, -0.1) is 0 Å². The molecule has 0 heterocycles. The van der Waals surface area contributed by atoms with Crippen molar-refractivity contribution in [2.24, 2.45) is 0 Å². The first kappa shape index (κ1) is 18.0. The molecule has 1 rings (SSSR count). The van der Waals surface area contributed by atoms with Crippen LogP contribution >= 0.6 is 0 Å². The van der Waals surface area contributed by atoms with Gasteiger partial charge in [0.25, 0.3) is 11.8 Å². The Labute approximate surface area is 131 Å². The molecule has 0 spiro atoms. The number of carbonyl (C=O) groups excluding carboxylic acids is 2. The summed E-state index contributed by atoms with van der Waals surface area (Å²) in [6.45, 7) is 5.86. The topological polar surface area (TPSA) is 71.9 Å². The largest absolute Gasteiger partial charge is 0.495 e. The number of anilines is 1. The van der Waals surface area contributed by atoms with E-state index in [2.05, 4.69) is 10.6 Å². The Kier molecular flexibility index (Phi) is 6.85. The smallest absolute Gasteiger partial charge is 0.282 e. The Morgan fingerprint density at radius 1 is 1.23 bits per heavy atom. The summed E-state index contributed by atoms with van der Waals surface area (Å²) in [6.07, 6.45) is 0. The monoisotopic (exact) mass is 308 g/mol. The fraction of sp³-hybridized carbons (Fsp3) is 0.500. The van der Waals surface area contributed by atoms with Crippen molar-refractivity contribution in [2.45, 2.75) is 32.9 Å². The number of hydrogen-bond acceptors (Lipinski definition) is 3. The number of likely N-dealkylation sites (N-methyl/N-ethyl adjacent to an activating group) is 1. The van der Waals surface area contributed by atoms with E-state index < -0.39 is 0 Å². The van der Waals surface area contributed by atoms with Crippen molar-refractivity contribution in [2.75, 3.05) is 26.0 Å². The summed E-state index contributed by atoms with van der Waals surface area (Å²) in [5, 5.41) is 5.66. The van der Waals surface area contributed by atoms with Gasteiger partial charge in [0.15, 0.2) is 12.6 Å². The quantitative estimate of drug-likeness (QED) is 0.667. The zero-order chi connectivity index (χ0) is 16.7. The molecular formula is C16H26N3O3+. The van der Waals surface area contributed by atoms with Crippen LogP contribution in [0.3, 0.4) is 0 Å². The number of nitrogens with one attached hydrogen (secondary N) is 3. The highest BCUT2D eigenvalue weighted by molar-refractivity contribution is 5.95. The van der Waals surface area contributed by atoms with Gasteiger partial charge in [-0.2, -0.15) is 0 Å². The predicted octanol–water partition coefficient (Wildman–Crippen LogP) is 0.0615. The van der Waals surface area contributed by atoms with Gasteiger partial charge < -0.3 is 20.3 Å². The molecule has 2 atom stereocenters. The molecule has 6 heteroatoms. The third kappa shape index (κ3) is 5.37. The summed E-state index contributed by atoms with van der Waals surface area (Å²) in [5.41, 5.74) is 0.626. The van der Waals surface area contributed by atoms with Crippen molar-refractivity contribution < 1.29 is 19.2 Å². The number of para-hydroxylation sites is 2. The molecule has 0 radical (unpaired) electrons. The van der Waals surface area contributed by atoms with E-state index in [1.165, 1.54) is 0 Å². The van der Waals surface area contributed by atoms with Crippen LogP contribution in [0.25, 0.3) is 0 Å². The summed E-state index contributed by atoms with van der Waals surface area (Å²) < 4.78 is 5.21. The van der Waals surface area contributed by atoms with Gasteiger partial charge >= 0.3 is 0 Å². The maximum absolute atomic E-state index is 12.3. The van der Waals surface area contributed by atoms with E-state index in [1.54, 1.807) is 26.2 Å². The highest BCUT2D eigenvalue weighted by Crippen LogP contribution is 2.22. The van der Waals surface area contributed by atoms with Gasteiger partial charge in [-0.3, -0.25) is 9.59 Å². The van der Waals surface area contributed by atoms with Crippen molar-refractivity contribution in [3.63, 3.8) is 0 Å². The predicted molar refractivity (Wildman–Crippen MR) is 86.1 cm³/mol. The van der Waals surface area contributed by atoms with Crippen LogP contribution in [0.4, 0.5) is 5.69 Å². The molecule has 0 bridgehead atoms. The Morgan fingerprint density at radius 2 is 1.86 bits per heavy atom. The first-order chi connectivity index (χ1) is 10.3. The van der Waals surface area contributed by atoms with E-state index >= 15 is 0 Å². The Morgan fingerprint density at radius 3 is 2.45 bits per heavy atom. The number of hydrogen-bond donors (Lipinski definition) is 3. The highest BCUT2D eigenvalue weighted by atomic mass is 16.5. The second-order valence-electron chi connectivity index (χ2n) is 5.66. The molecule has 3 N–H and O–H groups in total. The highest BCUT2D eigenvalue weighted by Gasteiger charge is 2.24. The average Bonchev–Trinajstić information content (AvgIpc) is 2.45. The standard InChI is InChI=1S/C16H25N3O3/c1-11(2)17-15(20)10-19(4)12(3)16(21)18-13-8-6-7-9-14(13)22-5/h6-9,11-12H,10H2,1-5H3,(H,17,20)(H,18,21)/p+1/t12-/m0/s1. The molecule has 2 amide bonds. The Bertz CT molecular complexity index is 517. The number of benzene rings is 1. The number of rotatable bonds is 7. The van der Waals surface area contributed by atoms with Gasteiger partial charge in [-0.1, -0.05) is 12.1 Å². The van der Waals surface area contributed by atoms with Crippen LogP contribution < -0.4 is 20.3 Å². The van der Waals surface area contributed by atoms with Gasteiger partial charge in [0.1, 0.15) is 5.75 Å². The summed E-state index contributed by atoms with van der Waals surface area (Å²) in [7, 11) is 3.38. The van der Waals surface area contributed by atoms with Crippen LogP contribution in [0.2, 0.25) is 0 Å². The minimum atomic E-state index is -0.358. The van der Waals surface area contributed by atoms with Crippen LogP contribution in [-0.4, -0.2) is 44.6 Å². The van der Waals surface area contributed by atoms with Crippen molar-refractivity contribution in [1.29, 1.82) is 0 Å². The summed E-state index contributed by atoms with van der Waals surface area (Å²) in [6, 6.07) is 6.97. The lowest BCUT2D eigenvalue weighted by molar-refractivity contribution is -0.885. The van der Waals surface area contributed by atoms with Crippen LogP contribution in [0.15, 0.2) is 24.3 Å². The maximum Gasteiger partial charge on any atom is 0.282 e. The lowest BCUT2D eigenvalue weighted by atomic mass is 10.2. The molecule has 1 aromatic rings. The zero-order valence-corrected chi connectivity index (χ0v) is 13.9. The maximum atomic E-state index is 12.3. The van der Waals surface area contributed by atoms with Crippen molar-refractivity contribution in [3.05, 3.63) is 24.3 Å². The van der Waals surface area contributed by atoms with Crippen molar-refractivity contribution in [1.82, 2.24) is 5.32 Å². The molecule has 1 unspecified atom stereocenters. The van der Waals surface area contributed by atoms with Crippen LogP contribution in [0.1, 0.15) is 20.8 Å². The molecule has 0 aliphatic carbocycles. The van der Waals surface area contributed by atoms with E-state index in [-0.39, 0.29) is 30.4 Å². The minimum absolute atomic E-state index is 0.0653. The molecule has 122 valence electrons. The van der Waals surface area contributed by atoms with Gasteiger partial charge in [0.05, 0.1) is 19.8 Å². The molecule has 0 aliphatic heterocycles. The first-order valence-electron chi connectivity index (χ1n) is 7.40. The Hall–Kier alpha value is -2.08. The van der Waals surface area contributed by atoms with Crippen molar-refractivity contribution >= 4 is 17.5 Å². The average molecular weight is 308 g/mol. The van der Waals surface area contributed by atoms with E-state index in [1.807, 2.05) is 33.0 Å². The minimum Gasteiger partial charge on any atom is -0.495 e. The molecule has 0 saturated heterocycles. The molecule has 6 nitrogen and oxygen atoms in total. The van der Waals surface area contributed by atoms with E-state index in [0.717, 1.165) is 4.90 Å². The van der Waals surface area contributed by atoms with Gasteiger partial charge in [0, 0.05) is 6.04 Å². The molecule has 22 heavy (non-hydrogen) atoms. The van der Waals surface area contributed by atoms with Gasteiger partial charge in [-0.25, -0.2) is 0 Å². The Balaban J connectivity index is 2.62. The second kappa shape index (κ2) is 8.38. The fourth-order valence-electron chi connectivity index (χ4n) is 1.99. The fourth-order valence-corrected chi connectivity index (χ4v) is 1.99. The van der Waals surface area contributed by atoms with E-state index in [4.69, 9.17) is 4.74 Å². The molecule has 1 aromatic carbocycles. The third-order valence-corrected chi connectivity index (χ3v) is 3.39. The first-order valence-corrected chi connectivity index (χ1v) is 7.40. The van der Waals surface area contributed by atoms with Crippen LogP contribution in [0, 0.1) is 0 Å².